The third kappa shape index (κ3) is 4.00. The van der Waals surface area contributed by atoms with Crippen molar-refractivity contribution < 1.29 is 0 Å². The molecule has 1 fully saturated rings. The molecule has 4 heterocycles. The number of hydrogen-bond acceptors (Lipinski definition) is 5. The van der Waals surface area contributed by atoms with Gasteiger partial charge >= 0.3 is 0 Å². The first kappa shape index (κ1) is 24.8. The molecule has 0 atom stereocenters. The highest BCUT2D eigenvalue weighted by atomic mass is 32.2. The number of rotatable bonds is 4. The minimum Gasteiger partial charge on any atom is -0.355 e. The van der Waals surface area contributed by atoms with Crippen LogP contribution in [0.25, 0.3) is 0 Å². The lowest BCUT2D eigenvalue weighted by molar-refractivity contribution is 0.935. The molecule has 0 amide bonds. The minimum atomic E-state index is -1.91. The summed E-state index contributed by atoms with van der Waals surface area (Å²) >= 11 is 1.89. The molecule has 4 nitrogen and oxygen atoms in total. The predicted molar refractivity (Wildman–Crippen MR) is 175 cm³/mol. The second-order valence-corrected chi connectivity index (χ2v) is 16.7. The smallest absolute Gasteiger partial charge is 0.141 e. The summed E-state index contributed by atoms with van der Waals surface area (Å²) in [5.74, 6) is 0. The van der Waals surface area contributed by atoms with Gasteiger partial charge in [-0.15, -0.1) is 0 Å². The number of para-hydroxylation sites is 3. The van der Waals surface area contributed by atoms with Crippen LogP contribution in [0.2, 0.25) is 12.1 Å². The highest BCUT2D eigenvalue weighted by molar-refractivity contribution is 7.99. The third-order valence-corrected chi connectivity index (χ3v) is 15.3. The second kappa shape index (κ2) is 9.82. The summed E-state index contributed by atoms with van der Waals surface area (Å²) in [6.45, 7) is 0.841. The van der Waals surface area contributed by atoms with Gasteiger partial charge in [-0.1, -0.05) is 67.1 Å². The van der Waals surface area contributed by atoms with E-state index in [0.717, 1.165) is 6.67 Å². The number of benzene rings is 4. The molecule has 6 heteroatoms. The highest BCUT2D eigenvalue weighted by Crippen LogP contribution is 2.52. The molecule has 1 aromatic heterocycles. The number of aromatic nitrogens is 1. The van der Waals surface area contributed by atoms with Crippen LogP contribution >= 0.6 is 11.8 Å². The lowest BCUT2D eigenvalue weighted by Gasteiger charge is -2.35. The Morgan fingerprint density at radius 2 is 1.39 bits per heavy atom. The quantitative estimate of drug-likeness (QED) is 0.201. The van der Waals surface area contributed by atoms with E-state index in [2.05, 4.69) is 125 Å². The summed E-state index contributed by atoms with van der Waals surface area (Å²) < 4.78 is 0. The van der Waals surface area contributed by atoms with Gasteiger partial charge in [0.25, 0.3) is 0 Å². The standard InChI is InChI=1S/C35H32N4SSi/c1-37-25-38(30-14-3-2-13-29(30)37)26-11-10-12-27(23-26)39-31-15-4-5-16-33(31)40-34-19-18-28(24-32(34)39)41(21-8-9-22-41)35-17-6-7-20-36-35/h2-7,10-20,23-24H,8-9,21-22,25H2,1H3. The van der Waals surface area contributed by atoms with Crippen LogP contribution in [0.15, 0.2) is 125 Å². The van der Waals surface area contributed by atoms with Crippen molar-refractivity contribution in [2.24, 2.45) is 0 Å². The number of hydrogen-bond donors (Lipinski definition) is 0. The summed E-state index contributed by atoms with van der Waals surface area (Å²) in [6, 6.07) is 43.0. The molecular formula is C35H32N4SSi. The Hall–Kier alpha value is -4.00. The maximum atomic E-state index is 4.95. The van der Waals surface area contributed by atoms with Crippen molar-refractivity contribution in [1.29, 1.82) is 0 Å². The van der Waals surface area contributed by atoms with Gasteiger partial charge in [-0.2, -0.15) is 0 Å². The summed E-state index contributed by atoms with van der Waals surface area (Å²) in [6.07, 6.45) is 4.59. The minimum absolute atomic E-state index is 0.841. The monoisotopic (exact) mass is 568 g/mol. The van der Waals surface area contributed by atoms with Gasteiger partial charge in [-0.25, -0.2) is 0 Å². The molecule has 0 N–H and O–H groups in total. The predicted octanol–water partition coefficient (Wildman–Crippen LogP) is 7.92. The van der Waals surface area contributed by atoms with E-state index in [1.165, 1.54) is 79.3 Å². The number of pyridine rings is 1. The van der Waals surface area contributed by atoms with Crippen LogP contribution in [-0.2, 0) is 0 Å². The fourth-order valence-electron chi connectivity index (χ4n) is 7.05. The van der Waals surface area contributed by atoms with Crippen LogP contribution in [0.4, 0.5) is 34.1 Å². The Morgan fingerprint density at radius 3 is 2.22 bits per heavy atom. The van der Waals surface area contributed by atoms with Crippen LogP contribution in [0.5, 0.6) is 0 Å². The van der Waals surface area contributed by atoms with Crippen molar-refractivity contribution >= 4 is 64.5 Å². The van der Waals surface area contributed by atoms with Crippen molar-refractivity contribution in [2.45, 2.75) is 34.7 Å². The summed E-state index contributed by atoms with van der Waals surface area (Å²) in [7, 11) is 0.263. The Morgan fingerprint density at radius 1 is 0.659 bits per heavy atom. The molecule has 0 spiro atoms. The zero-order chi connectivity index (χ0) is 27.4. The van der Waals surface area contributed by atoms with Crippen molar-refractivity contribution in [3.05, 3.63) is 115 Å². The van der Waals surface area contributed by atoms with Crippen molar-refractivity contribution in [2.75, 3.05) is 28.4 Å². The SMILES string of the molecule is CN1CN(c2cccc(N3c4ccccc4Sc4ccc([Si]5(c6ccccn6)CCCC5)cc43)c2)c2ccccc21. The van der Waals surface area contributed by atoms with Gasteiger partial charge in [0.15, 0.2) is 0 Å². The Labute approximate surface area is 247 Å². The number of fused-ring (bicyclic) bond motifs is 3. The Balaban J connectivity index is 1.27. The molecule has 202 valence electrons. The van der Waals surface area contributed by atoms with Crippen molar-refractivity contribution in [3.63, 3.8) is 0 Å². The molecule has 3 aliphatic rings. The van der Waals surface area contributed by atoms with Gasteiger partial charge in [-0.05, 0) is 84.0 Å². The molecule has 0 bridgehead atoms. The molecule has 0 saturated carbocycles. The van der Waals surface area contributed by atoms with Crippen LogP contribution in [-0.4, -0.2) is 26.8 Å². The third-order valence-electron chi connectivity index (χ3n) is 9.03. The van der Waals surface area contributed by atoms with Crippen LogP contribution in [0, 0.1) is 0 Å². The van der Waals surface area contributed by atoms with Gasteiger partial charge in [0.2, 0.25) is 0 Å². The van der Waals surface area contributed by atoms with Crippen molar-refractivity contribution in [1.82, 2.24) is 4.98 Å². The number of nitrogens with zero attached hydrogens (tertiary/aromatic N) is 4. The van der Waals surface area contributed by atoms with Gasteiger partial charge in [0.05, 0.1) is 29.4 Å². The zero-order valence-electron chi connectivity index (χ0n) is 23.2. The fourth-order valence-corrected chi connectivity index (χ4v) is 13.0. The topological polar surface area (TPSA) is 22.6 Å². The number of anilines is 6. The first-order chi connectivity index (χ1) is 20.2. The lowest BCUT2D eigenvalue weighted by atomic mass is 10.1. The molecule has 41 heavy (non-hydrogen) atoms. The molecule has 8 rings (SSSR count). The van der Waals surface area contributed by atoms with Crippen LogP contribution in [0.3, 0.4) is 0 Å². The van der Waals surface area contributed by atoms with Gasteiger partial charge in [0, 0.05) is 39.7 Å². The van der Waals surface area contributed by atoms with Crippen molar-refractivity contribution in [3.8, 4) is 0 Å². The average molecular weight is 569 g/mol. The van der Waals surface area contributed by atoms with Crippen LogP contribution in [0.1, 0.15) is 12.8 Å². The second-order valence-electron chi connectivity index (χ2n) is 11.4. The summed E-state index contributed by atoms with van der Waals surface area (Å²) in [4.78, 5) is 14.8. The van der Waals surface area contributed by atoms with E-state index in [1.807, 2.05) is 24.0 Å². The van der Waals surface area contributed by atoms with E-state index in [0.29, 0.717) is 0 Å². The molecule has 1 saturated heterocycles. The van der Waals surface area contributed by atoms with E-state index >= 15 is 0 Å². The normalized spacial score (nSPS) is 16.9. The summed E-state index contributed by atoms with van der Waals surface area (Å²) in [5.41, 5.74) is 7.47. The van der Waals surface area contributed by atoms with E-state index < -0.39 is 8.07 Å². The fraction of sp³-hybridized carbons (Fsp3) is 0.171. The van der Waals surface area contributed by atoms with Gasteiger partial charge in [0.1, 0.15) is 8.07 Å². The van der Waals surface area contributed by atoms with Gasteiger partial charge in [-0.3, -0.25) is 4.98 Å². The molecule has 4 aromatic carbocycles. The maximum Gasteiger partial charge on any atom is 0.141 e. The zero-order valence-corrected chi connectivity index (χ0v) is 25.0. The Kier molecular flexibility index (Phi) is 5.93. The van der Waals surface area contributed by atoms with E-state index in [9.17, 15) is 0 Å². The molecule has 0 unspecified atom stereocenters. The molecular weight excluding hydrogens is 537 g/mol. The molecule has 5 aromatic rings. The maximum absolute atomic E-state index is 4.95. The first-order valence-corrected chi connectivity index (χ1v) is 17.8. The molecule has 0 radical (unpaired) electrons. The summed E-state index contributed by atoms with van der Waals surface area (Å²) in [5, 5.41) is 2.86. The van der Waals surface area contributed by atoms with E-state index in [4.69, 9.17) is 4.98 Å². The molecule has 3 aliphatic heterocycles. The lowest BCUT2D eigenvalue weighted by Crippen LogP contribution is -2.57. The largest absolute Gasteiger partial charge is 0.355 e. The Bertz CT molecular complexity index is 1750. The van der Waals surface area contributed by atoms with Gasteiger partial charge < -0.3 is 14.7 Å². The average Bonchev–Trinajstić information content (AvgIpc) is 3.66. The molecule has 0 aliphatic carbocycles. The highest BCUT2D eigenvalue weighted by Gasteiger charge is 2.42. The van der Waals surface area contributed by atoms with E-state index in [1.54, 1.807) is 0 Å². The van der Waals surface area contributed by atoms with Crippen LogP contribution < -0.4 is 25.2 Å². The van der Waals surface area contributed by atoms with E-state index in [-0.39, 0.29) is 0 Å². The first-order valence-electron chi connectivity index (χ1n) is 14.5.